The molecule has 27 heavy (non-hydrogen) atoms. The summed E-state index contributed by atoms with van der Waals surface area (Å²) in [7, 11) is 1.75. The maximum absolute atomic E-state index is 12.7. The number of hydrogen-bond donors (Lipinski definition) is 1. The fraction of sp³-hybridized carbons (Fsp3) is 0.200. The quantitative estimate of drug-likeness (QED) is 0.744. The second-order valence-corrected chi connectivity index (χ2v) is 6.75. The number of benzene rings is 2. The monoisotopic (exact) mass is 383 g/mol. The van der Waals surface area contributed by atoms with E-state index in [0.717, 1.165) is 16.9 Å². The summed E-state index contributed by atoms with van der Waals surface area (Å²) in [6, 6.07) is 14.8. The lowest BCUT2D eigenvalue weighted by Gasteiger charge is -2.21. The number of fused-ring (bicyclic) bond motifs is 1. The smallest absolute Gasteiger partial charge is 0.271 e. The lowest BCUT2D eigenvalue weighted by molar-refractivity contribution is 0.0779. The van der Waals surface area contributed by atoms with Crippen molar-refractivity contribution in [2.24, 2.45) is 0 Å². The Labute approximate surface area is 161 Å². The summed E-state index contributed by atoms with van der Waals surface area (Å²) in [6.45, 7) is 1.53. The van der Waals surface area contributed by atoms with Gasteiger partial charge in [-0.25, -0.2) is 0 Å². The van der Waals surface area contributed by atoms with Crippen LogP contribution in [0.4, 0.5) is 0 Å². The summed E-state index contributed by atoms with van der Waals surface area (Å²) in [4.78, 5) is 14.3. The zero-order valence-electron chi connectivity index (χ0n) is 14.7. The Hall–Kier alpha value is -2.99. The number of aromatic nitrogens is 2. The number of nitrogens with one attached hydrogen (secondary N) is 1. The first kappa shape index (κ1) is 17.4. The van der Waals surface area contributed by atoms with Gasteiger partial charge < -0.3 is 14.4 Å². The molecule has 3 aromatic rings. The van der Waals surface area contributed by atoms with Gasteiger partial charge in [-0.1, -0.05) is 29.8 Å². The van der Waals surface area contributed by atoms with Crippen molar-refractivity contribution >= 4 is 17.5 Å². The van der Waals surface area contributed by atoms with E-state index in [-0.39, 0.29) is 5.91 Å². The first-order valence-electron chi connectivity index (χ1n) is 8.55. The fourth-order valence-corrected chi connectivity index (χ4v) is 3.15. The SMILES string of the molecule is CN(Cc1ccc2c(c1)OCCO2)C(=O)c1cc(-c2cccc(Cl)c2)n[nH]1. The van der Waals surface area contributed by atoms with Gasteiger partial charge in [-0.05, 0) is 35.9 Å². The van der Waals surface area contributed by atoms with Gasteiger partial charge in [0.25, 0.3) is 5.91 Å². The van der Waals surface area contributed by atoms with Crippen LogP contribution in [0.25, 0.3) is 11.3 Å². The molecule has 0 unspecified atom stereocenters. The van der Waals surface area contributed by atoms with Crippen molar-refractivity contribution < 1.29 is 14.3 Å². The van der Waals surface area contributed by atoms with Crippen LogP contribution in [-0.2, 0) is 6.54 Å². The van der Waals surface area contributed by atoms with Crippen LogP contribution in [0.5, 0.6) is 11.5 Å². The van der Waals surface area contributed by atoms with E-state index in [4.69, 9.17) is 21.1 Å². The van der Waals surface area contributed by atoms with Gasteiger partial charge >= 0.3 is 0 Å². The van der Waals surface area contributed by atoms with Gasteiger partial charge in [0.2, 0.25) is 0 Å². The van der Waals surface area contributed by atoms with E-state index in [0.29, 0.717) is 41.9 Å². The lowest BCUT2D eigenvalue weighted by Crippen LogP contribution is -2.26. The van der Waals surface area contributed by atoms with Gasteiger partial charge in [0.15, 0.2) is 11.5 Å². The molecule has 1 aliphatic rings. The van der Waals surface area contributed by atoms with E-state index in [2.05, 4.69) is 10.2 Å². The summed E-state index contributed by atoms with van der Waals surface area (Å²) >= 11 is 6.02. The largest absolute Gasteiger partial charge is 0.486 e. The molecule has 7 heteroatoms. The molecular weight excluding hydrogens is 366 g/mol. The number of carbonyl (C=O) groups excluding carboxylic acids is 1. The van der Waals surface area contributed by atoms with E-state index in [1.54, 1.807) is 24.1 Å². The van der Waals surface area contributed by atoms with Crippen molar-refractivity contribution in [3.8, 4) is 22.8 Å². The van der Waals surface area contributed by atoms with Crippen LogP contribution < -0.4 is 9.47 Å². The Bertz CT molecular complexity index is 986. The number of aromatic amines is 1. The molecule has 0 saturated carbocycles. The highest BCUT2D eigenvalue weighted by molar-refractivity contribution is 6.30. The Morgan fingerprint density at radius 3 is 2.78 bits per heavy atom. The zero-order valence-corrected chi connectivity index (χ0v) is 15.5. The predicted octanol–water partition coefficient (Wildman–Crippen LogP) is 3.77. The van der Waals surface area contributed by atoms with Gasteiger partial charge in [-0.2, -0.15) is 5.10 Å². The first-order valence-corrected chi connectivity index (χ1v) is 8.93. The van der Waals surface area contributed by atoms with E-state index < -0.39 is 0 Å². The minimum atomic E-state index is -0.148. The maximum Gasteiger partial charge on any atom is 0.271 e. The highest BCUT2D eigenvalue weighted by Crippen LogP contribution is 2.31. The molecule has 1 aliphatic heterocycles. The third-order valence-corrected chi connectivity index (χ3v) is 4.54. The number of carbonyl (C=O) groups is 1. The lowest BCUT2D eigenvalue weighted by atomic mass is 10.1. The molecule has 2 aromatic carbocycles. The maximum atomic E-state index is 12.7. The average Bonchev–Trinajstić information content (AvgIpc) is 3.17. The molecule has 0 atom stereocenters. The van der Waals surface area contributed by atoms with Crippen molar-refractivity contribution in [3.63, 3.8) is 0 Å². The van der Waals surface area contributed by atoms with Crippen molar-refractivity contribution in [2.75, 3.05) is 20.3 Å². The number of halogens is 1. The van der Waals surface area contributed by atoms with Crippen LogP contribution in [0.15, 0.2) is 48.5 Å². The van der Waals surface area contributed by atoms with Gasteiger partial charge in [-0.3, -0.25) is 9.89 Å². The molecule has 2 heterocycles. The number of nitrogens with zero attached hydrogens (tertiary/aromatic N) is 2. The third kappa shape index (κ3) is 3.75. The molecule has 1 amide bonds. The summed E-state index contributed by atoms with van der Waals surface area (Å²) in [5.74, 6) is 1.30. The van der Waals surface area contributed by atoms with Crippen LogP contribution in [0.3, 0.4) is 0 Å². The number of amides is 1. The van der Waals surface area contributed by atoms with Crippen LogP contribution >= 0.6 is 11.6 Å². The van der Waals surface area contributed by atoms with E-state index in [9.17, 15) is 4.79 Å². The molecule has 4 rings (SSSR count). The molecule has 0 aliphatic carbocycles. The number of H-pyrrole nitrogens is 1. The first-order chi connectivity index (χ1) is 13.1. The van der Waals surface area contributed by atoms with Crippen LogP contribution in [0.2, 0.25) is 5.02 Å². The Balaban J connectivity index is 1.48. The second kappa shape index (κ2) is 7.32. The normalized spacial score (nSPS) is 12.7. The molecule has 1 aromatic heterocycles. The molecular formula is C20H18ClN3O3. The Kier molecular flexibility index (Phi) is 4.73. The minimum Gasteiger partial charge on any atom is -0.486 e. The van der Waals surface area contributed by atoms with Gasteiger partial charge in [0, 0.05) is 24.2 Å². The highest BCUT2D eigenvalue weighted by Gasteiger charge is 2.17. The summed E-state index contributed by atoms with van der Waals surface area (Å²) < 4.78 is 11.1. The topological polar surface area (TPSA) is 67.5 Å². The van der Waals surface area contributed by atoms with Crippen molar-refractivity contribution in [2.45, 2.75) is 6.54 Å². The molecule has 1 N–H and O–H groups in total. The molecule has 138 valence electrons. The standard InChI is InChI=1S/C20H18ClN3O3/c1-24(12-13-5-6-18-19(9-13)27-8-7-26-18)20(25)17-11-16(22-23-17)14-3-2-4-15(21)10-14/h2-6,9-11H,7-8,12H2,1H3,(H,22,23). The van der Waals surface area contributed by atoms with E-state index >= 15 is 0 Å². The third-order valence-electron chi connectivity index (χ3n) is 4.30. The second-order valence-electron chi connectivity index (χ2n) is 6.32. The van der Waals surface area contributed by atoms with E-state index in [1.807, 2.05) is 36.4 Å². The minimum absolute atomic E-state index is 0.148. The predicted molar refractivity (Wildman–Crippen MR) is 102 cm³/mol. The van der Waals surface area contributed by atoms with Crippen LogP contribution in [0.1, 0.15) is 16.1 Å². The molecule has 0 bridgehead atoms. The van der Waals surface area contributed by atoms with Crippen molar-refractivity contribution in [1.29, 1.82) is 0 Å². The summed E-state index contributed by atoms with van der Waals surface area (Å²) in [6.07, 6.45) is 0. The zero-order chi connectivity index (χ0) is 18.8. The fourth-order valence-electron chi connectivity index (χ4n) is 2.96. The molecule has 0 saturated heterocycles. The van der Waals surface area contributed by atoms with Crippen molar-refractivity contribution in [1.82, 2.24) is 15.1 Å². The van der Waals surface area contributed by atoms with E-state index in [1.165, 1.54) is 0 Å². The molecule has 0 spiro atoms. The van der Waals surface area contributed by atoms with Gasteiger partial charge in [0.1, 0.15) is 18.9 Å². The Morgan fingerprint density at radius 2 is 1.96 bits per heavy atom. The Morgan fingerprint density at radius 1 is 1.15 bits per heavy atom. The van der Waals surface area contributed by atoms with Gasteiger partial charge in [0.05, 0.1) is 5.69 Å². The molecule has 6 nitrogen and oxygen atoms in total. The van der Waals surface area contributed by atoms with Crippen LogP contribution in [-0.4, -0.2) is 41.3 Å². The summed E-state index contributed by atoms with van der Waals surface area (Å²) in [5, 5.41) is 7.66. The average molecular weight is 384 g/mol. The number of hydrogen-bond acceptors (Lipinski definition) is 4. The van der Waals surface area contributed by atoms with Crippen molar-refractivity contribution in [3.05, 3.63) is 64.8 Å². The van der Waals surface area contributed by atoms with Gasteiger partial charge in [-0.15, -0.1) is 0 Å². The number of ether oxygens (including phenoxy) is 2. The molecule has 0 radical (unpaired) electrons. The summed E-state index contributed by atoms with van der Waals surface area (Å²) in [5.41, 5.74) is 2.91. The number of rotatable bonds is 4. The molecule has 0 fully saturated rings. The van der Waals surface area contributed by atoms with Crippen LogP contribution in [0, 0.1) is 0 Å². The highest BCUT2D eigenvalue weighted by atomic mass is 35.5.